The van der Waals surface area contributed by atoms with Crippen LogP contribution in [0.4, 0.5) is 14.5 Å². The predicted octanol–water partition coefficient (Wildman–Crippen LogP) is 2.75. The van der Waals surface area contributed by atoms with E-state index in [1.165, 1.54) is 18.5 Å². The van der Waals surface area contributed by atoms with Crippen LogP contribution in [0.5, 0.6) is 0 Å². The van der Waals surface area contributed by atoms with Crippen LogP contribution in [0, 0.1) is 11.6 Å². The number of anilines is 1. The lowest BCUT2D eigenvalue weighted by molar-refractivity contribution is 0.508. The molecule has 0 amide bonds. The summed E-state index contributed by atoms with van der Waals surface area (Å²) in [6.07, 6.45) is 1.46. The normalized spacial score (nSPS) is 10.9. The van der Waals surface area contributed by atoms with Crippen LogP contribution in [0.1, 0.15) is 25.7 Å². The van der Waals surface area contributed by atoms with Crippen LogP contribution >= 0.6 is 0 Å². The Morgan fingerprint density at radius 2 is 2.11 bits per heavy atom. The molecular formula is C12H14F2N4. The summed E-state index contributed by atoms with van der Waals surface area (Å²) in [4.78, 5) is 4.09. The Balaban J connectivity index is 2.09. The predicted molar refractivity (Wildman–Crippen MR) is 64.1 cm³/mol. The largest absolute Gasteiger partial charge is 0.375 e. The first-order valence-electron chi connectivity index (χ1n) is 5.65. The molecule has 18 heavy (non-hydrogen) atoms. The quantitative estimate of drug-likeness (QED) is 0.909. The highest BCUT2D eigenvalue weighted by molar-refractivity contribution is 5.44. The van der Waals surface area contributed by atoms with E-state index in [2.05, 4.69) is 15.4 Å². The number of hydrogen-bond acceptors (Lipinski definition) is 3. The Kier molecular flexibility index (Phi) is 3.55. The molecular weight excluding hydrogens is 238 g/mol. The van der Waals surface area contributed by atoms with E-state index in [1.807, 2.05) is 13.8 Å². The minimum Gasteiger partial charge on any atom is -0.375 e. The first kappa shape index (κ1) is 12.5. The Morgan fingerprint density at radius 3 is 2.78 bits per heavy atom. The van der Waals surface area contributed by atoms with Crippen molar-refractivity contribution in [2.45, 2.75) is 26.4 Å². The molecule has 1 heterocycles. The number of halogens is 2. The van der Waals surface area contributed by atoms with E-state index in [0.29, 0.717) is 12.4 Å². The molecule has 0 aliphatic rings. The van der Waals surface area contributed by atoms with E-state index in [1.54, 1.807) is 4.68 Å². The molecule has 0 aliphatic carbocycles. The summed E-state index contributed by atoms with van der Waals surface area (Å²) in [5, 5.41) is 6.95. The van der Waals surface area contributed by atoms with Crippen molar-refractivity contribution in [1.82, 2.24) is 14.8 Å². The number of nitrogens with zero attached hydrogens (tertiary/aromatic N) is 3. The fourth-order valence-electron chi connectivity index (χ4n) is 1.64. The average Bonchev–Trinajstić information content (AvgIpc) is 2.76. The number of benzene rings is 1. The first-order valence-corrected chi connectivity index (χ1v) is 5.65. The maximum absolute atomic E-state index is 13.4. The highest BCUT2D eigenvalue weighted by atomic mass is 19.1. The Labute approximate surface area is 104 Å². The van der Waals surface area contributed by atoms with E-state index in [9.17, 15) is 8.78 Å². The van der Waals surface area contributed by atoms with Crippen LogP contribution in [-0.2, 0) is 6.54 Å². The van der Waals surface area contributed by atoms with Gasteiger partial charge < -0.3 is 5.32 Å². The van der Waals surface area contributed by atoms with Gasteiger partial charge in [0, 0.05) is 12.1 Å². The van der Waals surface area contributed by atoms with E-state index < -0.39 is 11.6 Å². The van der Waals surface area contributed by atoms with Crippen molar-refractivity contribution in [3.8, 4) is 0 Å². The molecule has 0 saturated heterocycles. The zero-order chi connectivity index (χ0) is 13.1. The number of nitrogens with one attached hydrogen (secondary N) is 1. The SMILES string of the molecule is CC(C)n1ncnc1CNc1ccc(F)cc1F. The molecule has 2 aromatic rings. The van der Waals surface area contributed by atoms with Crippen molar-refractivity contribution in [3.05, 3.63) is 42.0 Å². The summed E-state index contributed by atoms with van der Waals surface area (Å²) in [6, 6.07) is 3.59. The molecule has 0 unspecified atom stereocenters. The van der Waals surface area contributed by atoms with E-state index >= 15 is 0 Å². The molecule has 0 bridgehead atoms. The van der Waals surface area contributed by atoms with Gasteiger partial charge in [-0.15, -0.1) is 0 Å². The van der Waals surface area contributed by atoms with Gasteiger partial charge in [-0.05, 0) is 26.0 Å². The number of aromatic nitrogens is 3. The van der Waals surface area contributed by atoms with Gasteiger partial charge in [-0.2, -0.15) is 5.10 Å². The van der Waals surface area contributed by atoms with Crippen molar-refractivity contribution in [2.75, 3.05) is 5.32 Å². The molecule has 0 spiro atoms. The smallest absolute Gasteiger partial charge is 0.149 e. The van der Waals surface area contributed by atoms with Crippen LogP contribution in [0.3, 0.4) is 0 Å². The molecule has 1 N–H and O–H groups in total. The van der Waals surface area contributed by atoms with Crippen molar-refractivity contribution in [3.63, 3.8) is 0 Å². The molecule has 2 rings (SSSR count). The lowest BCUT2D eigenvalue weighted by atomic mass is 10.3. The second kappa shape index (κ2) is 5.12. The Morgan fingerprint density at radius 1 is 1.33 bits per heavy atom. The third-order valence-electron chi connectivity index (χ3n) is 2.50. The first-order chi connectivity index (χ1) is 8.58. The van der Waals surface area contributed by atoms with Crippen molar-refractivity contribution in [2.24, 2.45) is 0 Å². The van der Waals surface area contributed by atoms with Crippen molar-refractivity contribution in [1.29, 1.82) is 0 Å². The van der Waals surface area contributed by atoms with E-state index in [-0.39, 0.29) is 11.7 Å². The molecule has 4 nitrogen and oxygen atoms in total. The second-order valence-corrected chi connectivity index (χ2v) is 4.19. The van der Waals surface area contributed by atoms with Crippen LogP contribution in [0.25, 0.3) is 0 Å². The fourth-order valence-corrected chi connectivity index (χ4v) is 1.64. The van der Waals surface area contributed by atoms with Gasteiger partial charge in [0.25, 0.3) is 0 Å². The second-order valence-electron chi connectivity index (χ2n) is 4.19. The van der Waals surface area contributed by atoms with Crippen molar-refractivity contribution < 1.29 is 8.78 Å². The molecule has 1 aromatic carbocycles. The van der Waals surface area contributed by atoms with Gasteiger partial charge in [-0.25, -0.2) is 18.4 Å². The molecule has 1 aromatic heterocycles. The van der Waals surface area contributed by atoms with Crippen LogP contribution in [0.15, 0.2) is 24.5 Å². The molecule has 6 heteroatoms. The number of rotatable bonds is 4. The lowest BCUT2D eigenvalue weighted by Crippen LogP contribution is -2.12. The highest BCUT2D eigenvalue weighted by Gasteiger charge is 2.09. The minimum absolute atomic E-state index is 0.183. The van der Waals surface area contributed by atoms with Gasteiger partial charge in [0.05, 0.1) is 12.2 Å². The number of hydrogen-bond donors (Lipinski definition) is 1. The van der Waals surface area contributed by atoms with Crippen LogP contribution in [0.2, 0.25) is 0 Å². The maximum atomic E-state index is 13.4. The van der Waals surface area contributed by atoms with E-state index in [0.717, 1.165) is 6.07 Å². The summed E-state index contributed by atoms with van der Waals surface area (Å²) in [5.41, 5.74) is 0.245. The van der Waals surface area contributed by atoms with Crippen LogP contribution < -0.4 is 5.32 Å². The van der Waals surface area contributed by atoms with Crippen molar-refractivity contribution >= 4 is 5.69 Å². The topological polar surface area (TPSA) is 42.7 Å². The summed E-state index contributed by atoms with van der Waals surface area (Å²) < 4.78 is 27.9. The zero-order valence-electron chi connectivity index (χ0n) is 10.2. The maximum Gasteiger partial charge on any atom is 0.149 e. The van der Waals surface area contributed by atoms with E-state index in [4.69, 9.17) is 0 Å². The van der Waals surface area contributed by atoms with Gasteiger partial charge in [-0.3, -0.25) is 0 Å². The molecule has 96 valence electrons. The van der Waals surface area contributed by atoms with Gasteiger partial charge in [-0.1, -0.05) is 0 Å². The molecule has 0 fully saturated rings. The third kappa shape index (κ3) is 2.64. The Bertz CT molecular complexity index is 537. The summed E-state index contributed by atoms with van der Waals surface area (Å²) in [5.74, 6) is -0.511. The van der Waals surface area contributed by atoms with Gasteiger partial charge >= 0.3 is 0 Å². The zero-order valence-corrected chi connectivity index (χ0v) is 10.2. The molecule has 0 aliphatic heterocycles. The average molecular weight is 252 g/mol. The standard InChI is InChI=1S/C12H14F2N4/c1-8(2)18-12(16-7-17-18)6-15-11-4-3-9(13)5-10(11)14/h3-5,7-8,15H,6H2,1-2H3. The molecule has 0 atom stereocenters. The highest BCUT2D eigenvalue weighted by Crippen LogP contribution is 2.16. The fraction of sp³-hybridized carbons (Fsp3) is 0.333. The van der Waals surface area contributed by atoms with Crippen LogP contribution in [-0.4, -0.2) is 14.8 Å². The van der Waals surface area contributed by atoms with Gasteiger partial charge in [0.1, 0.15) is 23.8 Å². The van der Waals surface area contributed by atoms with Gasteiger partial charge in [0.15, 0.2) is 0 Å². The third-order valence-corrected chi connectivity index (χ3v) is 2.50. The summed E-state index contributed by atoms with van der Waals surface area (Å²) >= 11 is 0. The summed E-state index contributed by atoms with van der Waals surface area (Å²) in [7, 11) is 0. The molecule has 0 saturated carbocycles. The lowest BCUT2D eigenvalue weighted by Gasteiger charge is -2.11. The Hall–Kier alpha value is -1.98. The van der Waals surface area contributed by atoms with Gasteiger partial charge in [0.2, 0.25) is 0 Å². The monoisotopic (exact) mass is 252 g/mol. The minimum atomic E-state index is -0.620. The molecule has 0 radical (unpaired) electrons. The summed E-state index contributed by atoms with van der Waals surface area (Å²) in [6.45, 7) is 4.30.